The predicted molar refractivity (Wildman–Crippen MR) is 93.5 cm³/mol. The second-order valence-corrected chi connectivity index (χ2v) is 9.85. The Hall–Kier alpha value is -0.890. The summed E-state index contributed by atoms with van der Waals surface area (Å²) < 4.78 is 25.2. The number of thiophene rings is 1. The number of sulfone groups is 1. The van der Waals surface area contributed by atoms with Gasteiger partial charge >= 0.3 is 0 Å². The largest absolute Gasteiger partial charge is 0.326 e. The number of carbonyl (C=O) groups excluding carboxylic acids is 1. The molecule has 1 N–H and O–H groups in total. The average Bonchev–Trinajstić information content (AvgIpc) is 2.88. The molecule has 1 amide bonds. The summed E-state index contributed by atoms with van der Waals surface area (Å²) in [7, 11) is -3.44. The lowest BCUT2D eigenvalue weighted by atomic mass is 10.2. The molecule has 1 aromatic carbocycles. The maximum Gasteiger partial charge on any atom is 0.225 e. The van der Waals surface area contributed by atoms with E-state index in [9.17, 15) is 13.2 Å². The molecule has 0 aliphatic heterocycles. The van der Waals surface area contributed by atoms with Gasteiger partial charge in [0.05, 0.1) is 9.54 Å². The molecular weight excluding hydrogens is 410 g/mol. The van der Waals surface area contributed by atoms with Gasteiger partial charge in [-0.1, -0.05) is 17.7 Å². The summed E-state index contributed by atoms with van der Waals surface area (Å²) in [6.45, 7) is 1.86. The summed E-state index contributed by atoms with van der Waals surface area (Å²) in [4.78, 5) is 11.9. The Balaban J connectivity index is 1.96. The fourth-order valence-corrected chi connectivity index (χ4v) is 5.27. The molecule has 0 spiro atoms. The molecule has 2 aromatic rings. The molecule has 0 aliphatic rings. The topological polar surface area (TPSA) is 63.2 Å². The molecule has 22 heavy (non-hydrogen) atoms. The number of hydrogen-bond acceptors (Lipinski definition) is 4. The van der Waals surface area contributed by atoms with Gasteiger partial charge in [-0.05, 0) is 52.7 Å². The van der Waals surface area contributed by atoms with Gasteiger partial charge < -0.3 is 5.32 Å². The number of nitrogens with one attached hydrogen (secondary N) is 1. The first-order valence-corrected chi connectivity index (χ1v) is 9.96. The molecule has 8 heteroatoms. The summed E-state index contributed by atoms with van der Waals surface area (Å²) >= 11 is 10.3. The second kappa shape index (κ2) is 7.12. The maximum atomic E-state index is 12.1. The summed E-state index contributed by atoms with van der Waals surface area (Å²) in [5.74, 6) is -0.593. The number of benzene rings is 1. The Morgan fingerprint density at radius 1 is 1.32 bits per heavy atom. The van der Waals surface area contributed by atoms with Crippen molar-refractivity contribution < 1.29 is 13.2 Å². The van der Waals surface area contributed by atoms with Crippen LogP contribution in [0.3, 0.4) is 0 Å². The molecular formula is C14H13BrClNO3S2. The molecule has 0 fully saturated rings. The highest BCUT2D eigenvalue weighted by molar-refractivity contribution is 9.11. The molecule has 1 heterocycles. The van der Waals surface area contributed by atoms with Crippen LogP contribution in [0.1, 0.15) is 12.0 Å². The van der Waals surface area contributed by atoms with Gasteiger partial charge in [-0.25, -0.2) is 8.42 Å². The minimum Gasteiger partial charge on any atom is -0.326 e. The fourth-order valence-electron chi connectivity index (χ4n) is 1.69. The van der Waals surface area contributed by atoms with Crippen LogP contribution in [-0.4, -0.2) is 20.1 Å². The average molecular weight is 423 g/mol. The number of halogens is 2. The van der Waals surface area contributed by atoms with Crippen molar-refractivity contribution in [3.63, 3.8) is 0 Å². The van der Waals surface area contributed by atoms with Crippen LogP contribution in [0, 0.1) is 6.92 Å². The lowest BCUT2D eigenvalue weighted by Gasteiger charge is -2.07. The SMILES string of the molecule is Cc1ccc(NC(=O)CCS(=O)(=O)c2ccc(Br)s2)cc1Cl. The minimum absolute atomic E-state index is 0.108. The van der Waals surface area contributed by atoms with E-state index in [2.05, 4.69) is 21.2 Å². The van der Waals surface area contributed by atoms with E-state index < -0.39 is 9.84 Å². The molecule has 0 saturated heterocycles. The van der Waals surface area contributed by atoms with Gasteiger partial charge in [0.15, 0.2) is 9.84 Å². The first kappa shape index (κ1) is 17.5. The molecule has 0 bridgehead atoms. The third kappa shape index (κ3) is 4.55. The Morgan fingerprint density at radius 3 is 2.64 bits per heavy atom. The van der Waals surface area contributed by atoms with Crippen LogP contribution in [0.5, 0.6) is 0 Å². The maximum absolute atomic E-state index is 12.1. The molecule has 0 aliphatic carbocycles. The van der Waals surface area contributed by atoms with E-state index in [0.717, 1.165) is 20.7 Å². The van der Waals surface area contributed by atoms with Crippen LogP contribution in [0.4, 0.5) is 5.69 Å². The Kier molecular flexibility index (Phi) is 5.65. The first-order chi connectivity index (χ1) is 10.3. The number of aryl methyl sites for hydroxylation is 1. The second-order valence-electron chi connectivity index (χ2n) is 4.64. The van der Waals surface area contributed by atoms with Crippen LogP contribution in [0.15, 0.2) is 38.3 Å². The van der Waals surface area contributed by atoms with Crippen molar-refractivity contribution >= 4 is 60.3 Å². The van der Waals surface area contributed by atoms with E-state index in [1.165, 1.54) is 6.07 Å². The van der Waals surface area contributed by atoms with Crippen molar-refractivity contribution in [2.45, 2.75) is 17.6 Å². The quantitative estimate of drug-likeness (QED) is 0.782. The van der Waals surface area contributed by atoms with Crippen molar-refractivity contribution in [1.82, 2.24) is 0 Å². The van der Waals surface area contributed by atoms with Gasteiger partial charge in [0.1, 0.15) is 4.21 Å². The van der Waals surface area contributed by atoms with Crippen LogP contribution in [-0.2, 0) is 14.6 Å². The zero-order chi connectivity index (χ0) is 16.3. The summed E-state index contributed by atoms with van der Waals surface area (Å²) in [6.07, 6.45) is -0.108. The van der Waals surface area contributed by atoms with E-state index in [4.69, 9.17) is 11.6 Å². The van der Waals surface area contributed by atoms with E-state index >= 15 is 0 Å². The summed E-state index contributed by atoms with van der Waals surface area (Å²) in [6, 6.07) is 8.36. The standard InChI is InChI=1S/C14H13BrClNO3S2/c1-9-2-3-10(8-11(9)16)17-13(18)6-7-22(19,20)14-5-4-12(15)21-14/h2-5,8H,6-7H2,1H3,(H,17,18). The number of anilines is 1. The van der Waals surface area contributed by atoms with Crippen molar-refractivity contribution in [1.29, 1.82) is 0 Å². The molecule has 118 valence electrons. The highest BCUT2D eigenvalue weighted by atomic mass is 79.9. The minimum atomic E-state index is -3.44. The van der Waals surface area contributed by atoms with Gasteiger partial charge in [0.2, 0.25) is 5.91 Å². The summed E-state index contributed by atoms with van der Waals surface area (Å²) in [5.41, 5.74) is 1.46. The van der Waals surface area contributed by atoms with Gasteiger partial charge in [-0.15, -0.1) is 11.3 Å². The predicted octanol–water partition coefficient (Wildman–Crippen LogP) is 4.27. The van der Waals surface area contributed by atoms with Gasteiger partial charge in [-0.2, -0.15) is 0 Å². The fraction of sp³-hybridized carbons (Fsp3) is 0.214. The number of carbonyl (C=O) groups is 1. The summed E-state index contributed by atoms with van der Waals surface area (Å²) in [5, 5.41) is 3.20. The van der Waals surface area contributed by atoms with Gasteiger partial charge in [-0.3, -0.25) is 4.79 Å². The molecule has 0 unspecified atom stereocenters. The lowest BCUT2D eigenvalue weighted by molar-refractivity contribution is -0.115. The Labute approximate surface area is 146 Å². The van der Waals surface area contributed by atoms with Crippen molar-refractivity contribution in [2.24, 2.45) is 0 Å². The van der Waals surface area contributed by atoms with E-state index in [0.29, 0.717) is 10.7 Å². The van der Waals surface area contributed by atoms with Crippen molar-refractivity contribution in [2.75, 3.05) is 11.1 Å². The van der Waals surface area contributed by atoms with Gasteiger partial charge in [0.25, 0.3) is 0 Å². The zero-order valence-corrected chi connectivity index (χ0v) is 15.6. The zero-order valence-electron chi connectivity index (χ0n) is 11.6. The van der Waals surface area contributed by atoms with Crippen LogP contribution in [0.2, 0.25) is 5.02 Å². The van der Waals surface area contributed by atoms with E-state index in [1.54, 1.807) is 24.3 Å². The molecule has 2 rings (SSSR count). The number of amides is 1. The smallest absolute Gasteiger partial charge is 0.225 e. The monoisotopic (exact) mass is 421 g/mol. The Bertz CT molecular complexity index is 802. The van der Waals surface area contributed by atoms with Crippen LogP contribution in [0.25, 0.3) is 0 Å². The molecule has 0 radical (unpaired) electrons. The first-order valence-electron chi connectivity index (χ1n) is 6.32. The van der Waals surface area contributed by atoms with Crippen LogP contribution >= 0.6 is 38.9 Å². The van der Waals surface area contributed by atoms with Gasteiger partial charge in [0, 0.05) is 17.1 Å². The molecule has 4 nitrogen and oxygen atoms in total. The van der Waals surface area contributed by atoms with E-state index in [1.807, 2.05) is 6.92 Å². The normalized spacial score (nSPS) is 11.4. The van der Waals surface area contributed by atoms with Crippen molar-refractivity contribution in [3.05, 3.63) is 44.7 Å². The third-order valence-corrected chi connectivity index (χ3v) is 7.24. The number of hydrogen-bond donors (Lipinski definition) is 1. The Morgan fingerprint density at radius 2 is 2.05 bits per heavy atom. The third-order valence-electron chi connectivity index (χ3n) is 2.91. The van der Waals surface area contributed by atoms with E-state index in [-0.39, 0.29) is 22.3 Å². The molecule has 0 saturated carbocycles. The highest BCUT2D eigenvalue weighted by Crippen LogP contribution is 2.27. The molecule has 0 atom stereocenters. The molecule has 1 aromatic heterocycles. The highest BCUT2D eigenvalue weighted by Gasteiger charge is 2.18. The van der Waals surface area contributed by atoms with Crippen LogP contribution < -0.4 is 5.32 Å². The lowest BCUT2D eigenvalue weighted by Crippen LogP contribution is -2.17. The number of rotatable bonds is 5. The van der Waals surface area contributed by atoms with Crippen molar-refractivity contribution in [3.8, 4) is 0 Å².